The van der Waals surface area contributed by atoms with Gasteiger partial charge in [-0.3, -0.25) is 14.8 Å². The Morgan fingerprint density at radius 3 is 2.94 bits per heavy atom. The first kappa shape index (κ1) is 12.0. The molecule has 0 spiro atoms. The number of nitrogens with zero attached hydrogens (tertiary/aromatic N) is 4. The molecule has 7 nitrogen and oxygen atoms in total. The minimum Gasteiger partial charge on any atom is -0.360 e. The van der Waals surface area contributed by atoms with Crippen molar-refractivity contribution in [3.05, 3.63) is 45.9 Å². The summed E-state index contributed by atoms with van der Waals surface area (Å²) in [6.07, 6.45) is 3.39. The number of hydrogen-bond acceptors (Lipinski definition) is 5. The molecule has 0 unspecified atom stereocenters. The summed E-state index contributed by atoms with van der Waals surface area (Å²) < 4.78 is 1.71. The van der Waals surface area contributed by atoms with Crippen LogP contribution < -0.4 is 5.32 Å². The Balaban J connectivity index is 2.15. The van der Waals surface area contributed by atoms with Gasteiger partial charge in [0.15, 0.2) is 0 Å². The summed E-state index contributed by atoms with van der Waals surface area (Å²) in [6.45, 7) is 2.35. The third-order valence-electron chi connectivity index (χ3n) is 2.54. The molecule has 2 heterocycles. The fourth-order valence-corrected chi connectivity index (χ4v) is 1.68. The van der Waals surface area contributed by atoms with Crippen LogP contribution in [0.1, 0.15) is 11.3 Å². The Labute approximate surface area is 104 Å². The normalized spacial score (nSPS) is 10.3. The van der Waals surface area contributed by atoms with Gasteiger partial charge in [0.1, 0.15) is 0 Å². The number of hydrogen-bond donors (Lipinski definition) is 1. The van der Waals surface area contributed by atoms with Crippen LogP contribution in [0.25, 0.3) is 0 Å². The monoisotopic (exact) mass is 247 g/mol. The number of aryl methyl sites for hydroxylation is 2. The average molecular weight is 247 g/mol. The van der Waals surface area contributed by atoms with E-state index in [0.29, 0.717) is 6.54 Å². The van der Waals surface area contributed by atoms with Crippen molar-refractivity contribution in [2.75, 3.05) is 5.32 Å². The van der Waals surface area contributed by atoms with Gasteiger partial charge in [0.25, 0.3) is 0 Å². The zero-order valence-electron chi connectivity index (χ0n) is 10.1. The molecule has 94 valence electrons. The lowest BCUT2D eigenvalue weighted by Crippen LogP contribution is -2.04. The van der Waals surface area contributed by atoms with E-state index in [-0.39, 0.29) is 11.5 Å². The van der Waals surface area contributed by atoms with Crippen molar-refractivity contribution in [1.82, 2.24) is 14.8 Å². The van der Waals surface area contributed by atoms with Gasteiger partial charge < -0.3 is 5.32 Å². The molecule has 0 atom stereocenters. The van der Waals surface area contributed by atoms with Crippen molar-refractivity contribution in [2.24, 2.45) is 7.05 Å². The molecule has 18 heavy (non-hydrogen) atoms. The van der Waals surface area contributed by atoms with E-state index in [1.165, 1.54) is 12.3 Å². The van der Waals surface area contributed by atoms with Gasteiger partial charge in [-0.1, -0.05) is 0 Å². The van der Waals surface area contributed by atoms with E-state index in [1.807, 2.05) is 20.2 Å². The van der Waals surface area contributed by atoms with Crippen molar-refractivity contribution >= 4 is 11.5 Å². The summed E-state index contributed by atoms with van der Waals surface area (Å²) in [4.78, 5) is 14.3. The molecule has 0 aliphatic rings. The molecule has 2 rings (SSSR count). The molecule has 0 bridgehead atoms. The number of nitro groups is 1. The fourth-order valence-electron chi connectivity index (χ4n) is 1.68. The van der Waals surface area contributed by atoms with Crippen molar-refractivity contribution in [3.63, 3.8) is 0 Å². The summed E-state index contributed by atoms with van der Waals surface area (Å²) >= 11 is 0. The molecule has 7 heteroatoms. The number of rotatable bonds is 4. The summed E-state index contributed by atoms with van der Waals surface area (Å²) in [5.74, 6) is 0.269. The van der Waals surface area contributed by atoms with Gasteiger partial charge >= 0.3 is 5.69 Å². The molecule has 0 saturated heterocycles. The molecule has 0 aliphatic carbocycles. The quantitative estimate of drug-likeness (QED) is 0.655. The second-order valence-corrected chi connectivity index (χ2v) is 3.90. The van der Waals surface area contributed by atoms with Crippen molar-refractivity contribution < 1.29 is 4.92 Å². The highest BCUT2D eigenvalue weighted by Crippen LogP contribution is 2.21. The molecular weight excluding hydrogens is 234 g/mol. The fraction of sp³-hybridized carbons (Fsp3) is 0.273. The van der Waals surface area contributed by atoms with Gasteiger partial charge in [0.2, 0.25) is 5.82 Å². The van der Waals surface area contributed by atoms with Crippen LogP contribution in [0, 0.1) is 17.0 Å². The predicted octanol–water partition coefficient (Wildman–Crippen LogP) is 1.64. The molecule has 2 aromatic rings. The second kappa shape index (κ2) is 4.82. The minimum atomic E-state index is -0.453. The van der Waals surface area contributed by atoms with Crippen LogP contribution in [0.2, 0.25) is 0 Å². The Morgan fingerprint density at radius 2 is 2.33 bits per heavy atom. The third kappa shape index (κ3) is 2.45. The van der Waals surface area contributed by atoms with Crippen molar-refractivity contribution in [3.8, 4) is 0 Å². The number of pyridine rings is 1. The Bertz CT molecular complexity index is 579. The van der Waals surface area contributed by atoms with Gasteiger partial charge in [-0.15, -0.1) is 0 Å². The van der Waals surface area contributed by atoms with E-state index in [2.05, 4.69) is 15.4 Å². The SMILES string of the molecule is Cc1nn(C)cc1CNc1ncccc1[N+](=O)[O-]. The average Bonchev–Trinajstić information content (AvgIpc) is 2.65. The van der Waals surface area contributed by atoms with E-state index in [1.54, 1.807) is 10.7 Å². The first-order valence-electron chi connectivity index (χ1n) is 5.40. The first-order chi connectivity index (χ1) is 8.58. The molecule has 0 radical (unpaired) electrons. The van der Waals surface area contributed by atoms with E-state index >= 15 is 0 Å². The van der Waals surface area contributed by atoms with Gasteiger partial charge in [-0.2, -0.15) is 5.10 Å². The van der Waals surface area contributed by atoms with Gasteiger partial charge in [-0.05, 0) is 13.0 Å². The third-order valence-corrected chi connectivity index (χ3v) is 2.54. The lowest BCUT2D eigenvalue weighted by Gasteiger charge is -2.04. The Kier molecular flexibility index (Phi) is 3.22. The van der Waals surface area contributed by atoms with Crippen LogP contribution in [0.15, 0.2) is 24.5 Å². The van der Waals surface area contributed by atoms with E-state index in [9.17, 15) is 10.1 Å². The highest BCUT2D eigenvalue weighted by molar-refractivity contribution is 5.55. The summed E-state index contributed by atoms with van der Waals surface area (Å²) in [7, 11) is 1.83. The standard InChI is InChI=1S/C11H13N5O2/c1-8-9(7-15(2)14-8)6-13-11-10(16(17)18)4-3-5-12-11/h3-5,7H,6H2,1-2H3,(H,12,13). The molecule has 0 fully saturated rings. The van der Waals surface area contributed by atoms with Crippen LogP contribution in [-0.4, -0.2) is 19.7 Å². The first-order valence-corrected chi connectivity index (χ1v) is 5.40. The van der Waals surface area contributed by atoms with E-state index in [0.717, 1.165) is 11.3 Å². The van der Waals surface area contributed by atoms with Gasteiger partial charge in [-0.25, -0.2) is 4.98 Å². The van der Waals surface area contributed by atoms with Crippen LogP contribution in [0.5, 0.6) is 0 Å². The molecule has 0 amide bonds. The molecule has 2 aromatic heterocycles. The highest BCUT2D eigenvalue weighted by Gasteiger charge is 2.14. The van der Waals surface area contributed by atoms with Crippen molar-refractivity contribution in [1.29, 1.82) is 0 Å². The van der Waals surface area contributed by atoms with Crippen LogP contribution in [0.4, 0.5) is 11.5 Å². The molecule has 0 aliphatic heterocycles. The number of anilines is 1. The predicted molar refractivity (Wildman–Crippen MR) is 66.2 cm³/mol. The maximum atomic E-state index is 10.8. The largest absolute Gasteiger partial charge is 0.360 e. The van der Waals surface area contributed by atoms with Crippen LogP contribution in [0.3, 0.4) is 0 Å². The molecule has 0 saturated carbocycles. The summed E-state index contributed by atoms with van der Waals surface area (Å²) in [5, 5.41) is 18.0. The van der Waals surface area contributed by atoms with Crippen molar-refractivity contribution in [2.45, 2.75) is 13.5 Å². The summed E-state index contributed by atoms with van der Waals surface area (Å²) in [6, 6.07) is 2.96. The highest BCUT2D eigenvalue weighted by atomic mass is 16.6. The molecule has 1 N–H and O–H groups in total. The zero-order chi connectivity index (χ0) is 13.1. The maximum Gasteiger partial charge on any atom is 0.311 e. The zero-order valence-corrected chi connectivity index (χ0v) is 10.1. The summed E-state index contributed by atoms with van der Waals surface area (Å²) in [5.41, 5.74) is 1.85. The Hall–Kier alpha value is -2.44. The maximum absolute atomic E-state index is 10.8. The smallest absolute Gasteiger partial charge is 0.311 e. The van der Waals surface area contributed by atoms with Gasteiger partial charge in [0.05, 0.1) is 10.6 Å². The van der Waals surface area contributed by atoms with Crippen LogP contribution >= 0.6 is 0 Å². The second-order valence-electron chi connectivity index (χ2n) is 3.90. The number of aromatic nitrogens is 3. The lowest BCUT2D eigenvalue weighted by molar-refractivity contribution is -0.384. The van der Waals surface area contributed by atoms with Crippen LogP contribution in [-0.2, 0) is 13.6 Å². The molecular formula is C11H13N5O2. The lowest BCUT2D eigenvalue weighted by atomic mass is 10.2. The van der Waals surface area contributed by atoms with E-state index in [4.69, 9.17) is 0 Å². The topological polar surface area (TPSA) is 85.9 Å². The van der Waals surface area contributed by atoms with E-state index < -0.39 is 4.92 Å². The minimum absolute atomic E-state index is 0.0287. The Morgan fingerprint density at radius 1 is 1.56 bits per heavy atom. The molecule has 0 aromatic carbocycles. The number of nitrogens with one attached hydrogen (secondary N) is 1. The van der Waals surface area contributed by atoms with Gasteiger partial charge in [0, 0.05) is 37.6 Å².